The fourth-order valence-electron chi connectivity index (χ4n) is 2.46. The number of halogens is 1. The highest BCUT2D eigenvalue weighted by molar-refractivity contribution is 5.92. The zero-order chi connectivity index (χ0) is 16.8. The van der Waals surface area contributed by atoms with Gasteiger partial charge in [0.15, 0.2) is 0 Å². The Morgan fingerprint density at radius 1 is 1.29 bits per heavy atom. The molecule has 0 radical (unpaired) electrons. The summed E-state index contributed by atoms with van der Waals surface area (Å²) in [5, 5.41) is 5.85. The molecule has 1 unspecified atom stereocenters. The summed E-state index contributed by atoms with van der Waals surface area (Å²) in [5.41, 5.74) is 1.09. The van der Waals surface area contributed by atoms with Crippen molar-refractivity contribution in [3.63, 3.8) is 0 Å². The fourth-order valence-corrected chi connectivity index (χ4v) is 2.46. The van der Waals surface area contributed by atoms with Crippen LogP contribution in [0.15, 0.2) is 36.5 Å². The van der Waals surface area contributed by atoms with Crippen molar-refractivity contribution in [2.45, 2.75) is 25.5 Å². The number of amides is 1. The highest BCUT2D eigenvalue weighted by Crippen LogP contribution is 2.12. The van der Waals surface area contributed by atoms with Gasteiger partial charge in [-0.25, -0.2) is 14.4 Å². The lowest BCUT2D eigenvalue weighted by atomic mass is 10.2. The lowest BCUT2D eigenvalue weighted by Crippen LogP contribution is -2.25. The minimum atomic E-state index is -0.304. The van der Waals surface area contributed by atoms with E-state index in [9.17, 15) is 9.18 Å². The number of benzene rings is 1. The van der Waals surface area contributed by atoms with Crippen molar-refractivity contribution >= 4 is 11.9 Å². The number of aromatic nitrogens is 2. The summed E-state index contributed by atoms with van der Waals surface area (Å²) in [5.74, 6) is -0.204. The Bertz CT molecular complexity index is 687. The Balaban J connectivity index is 1.54. The van der Waals surface area contributed by atoms with Crippen molar-refractivity contribution in [2.75, 3.05) is 18.5 Å². The van der Waals surface area contributed by atoms with E-state index >= 15 is 0 Å². The van der Waals surface area contributed by atoms with Gasteiger partial charge in [-0.1, -0.05) is 12.1 Å². The maximum absolute atomic E-state index is 12.9. The third kappa shape index (κ3) is 4.48. The summed E-state index contributed by atoms with van der Waals surface area (Å²) in [6, 6.07) is 7.53. The first-order valence-corrected chi connectivity index (χ1v) is 7.92. The molecule has 1 aromatic heterocycles. The molecule has 2 aromatic rings. The molecule has 1 atom stereocenters. The SMILES string of the molecule is O=C(NCc1ccc(F)cc1)c1ccnc(NCC2CCCO2)n1. The van der Waals surface area contributed by atoms with Gasteiger partial charge >= 0.3 is 0 Å². The van der Waals surface area contributed by atoms with Gasteiger partial charge in [0.2, 0.25) is 5.95 Å². The number of nitrogens with one attached hydrogen (secondary N) is 2. The van der Waals surface area contributed by atoms with Gasteiger partial charge in [0, 0.05) is 25.9 Å². The van der Waals surface area contributed by atoms with E-state index in [1.807, 2.05) is 0 Å². The molecule has 6 nitrogen and oxygen atoms in total. The molecular weight excluding hydrogens is 311 g/mol. The molecule has 3 rings (SSSR count). The van der Waals surface area contributed by atoms with Gasteiger partial charge in [-0.2, -0.15) is 0 Å². The summed E-state index contributed by atoms with van der Waals surface area (Å²) in [4.78, 5) is 20.5. The van der Waals surface area contributed by atoms with Gasteiger partial charge in [-0.3, -0.25) is 4.79 Å². The molecule has 1 aromatic carbocycles. The normalized spacial score (nSPS) is 16.8. The number of hydrogen-bond donors (Lipinski definition) is 2. The fraction of sp³-hybridized carbons (Fsp3) is 0.353. The number of ether oxygens (including phenoxy) is 1. The lowest BCUT2D eigenvalue weighted by molar-refractivity contribution is 0.0946. The molecule has 0 saturated carbocycles. The van der Waals surface area contributed by atoms with Crippen LogP contribution in [0.4, 0.5) is 10.3 Å². The van der Waals surface area contributed by atoms with Crippen LogP contribution in [-0.2, 0) is 11.3 Å². The average molecular weight is 330 g/mol. The van der Waals surface area contributed by atoms with Crippen molar-refractivity contribution in [1.29, 1.82) is 0 Å². The van der Waals surface area contributed by atoms with Crippen LogP contribution >= 0.6 is 0 Å². The minimum absolute atomic E-state index is 0.171. The average Bonchev–Trinajstić information content (AvgIpc) is 3.13. The molecule has 126 valence electrons. The minimum Gasteiger partial charge on any atom is -0.376 e. The maximum atomic E-state index is 12.9. The Labute approximate surface area is 139 Å². The van der Waals surface area contributed by atoms with Gasteiger partial charge in [0.1, 0.15) is 11.5 Å². The first kappa shape index (κ1) is 16.3. The van der Waals surface area contributed by atoms with E-state index in [2.05, 4.69) is 20.6 Å². The lowest BCUT2D eigenvalue weighted by Gasteiger charge is -2.11. The zero-order valence-electron chi connectivity index (χ0n) is 13.2. The number of carbonyl (C=O) groups is 1. The monoisotopic (exact) mass is 330 g/mol. The predicted octanol–water partition coefficient (Wildman–Crippen LogP) is 2.14. The molecule has 1 amide bonds. The third-order valence-electron chi connectivity index (χ3n) is 3.77. The first-order chi connectivity index (χ1) is 11.7. The van der Waals surface area contributed by atoms with Crippen molar-refractivity contribution < 1.29 is 13.9 Å². The molecular formula is C17H19FN4O2. The summed E-state index contributed by atoms with van der Waals surface area (Å²) in [6.45, 7) is 1.72. The van der Waals surface area contributed by atoms with E-state index in [-0.39, 0.29) is 23.5 Å². The van der Waals surface area contributed by atoms with Gasteiger partial charge in [-0.15, -0.1) is 0 Å². The summed E-state index contributed by atoms with van der Waals surface area (Å²) < 4.78 is 18.4. The topological polar surface area (TPSA) is 76.1 Å². The number of anilines is 1. The van der Waals surface area contributed by atoms with Crippen LogP contribution in [0.2, 0.25) is 0 Å². The van der Waals surface area contributed by atoms with E-state index in [1.165, 1.54) is 18.3 Å². The van der Waals surface area contributed by atoms with Gasteiger partial charge in [0.25, 0.3) is 5.91 Å². The second kappa shape index (κ2) is 7.83. The molecule has 1 fully saturated rings. The molecule has 7 heteroatoms. The zero-order valence-corrected chi connectivity index (χ0v) is 13.2. The molecule has 1 aliphatic rings. The number of nitrogens with zero attached hydrogens (tertiary/aromatic N) is 2. The standard InChI is InChI=1S/C17H19FN4O2/c18-13-5-3-12(4-6-13)10-20-16(23)15-7-8-19-17(22-15)21-11-14-2-1-9-24-14/h3-8,14H,1-2,9-11H2,(H,20,23)(H,19,21,22). The number of rotatable bonds is 6. The van der Waals surface area contributed by atoms with Crippen molar-refractivity contribution in [1.82, 2.24) is 15.3 Å². The molecule has 0 bridgehead atoms. The molecule has 24 heavy (non-hydrogen) atoms. The number of carbonyl (C=O) groups excluding carboxylic acids is 1. The predicted molar refractivity (Wildman–Crippen MR) is 87.1 cm³/mol. The van der Waals surface area contributed by atoms with Crippen molar-refractivity contribution in [3.05, 3.63) is 53.6 Å². The molecule has 1 saturated heterocycles. The van der Waals surface area contributed by atoms with E-state index in [1.54, 1.807) is 18.2 Å². The smallest absolute Gasteiger partial charge is 0.270 e. The van der Waals surface area contributed by atoms with Crippen LogP contribution in [0, 0.1) is 5.82 Å². The Hall–Kier alpha value is -2.54. The van der Waals surface area contributed by atoms with Crippen LogP contribution in [0.25, 0.3) is 0 Å². The Kier molecular flexibility index (Phi) is 5.32. The van der Waals surface area contributed by atoms with Crippen LogP contribution in [0.5, 0.6) is 0 Å². The molecule has 0 spiro atoms. The van der Waals surface area contributed by atoms with Crippen LogP contribution < -0.4 is 10.6 Å². The Morgan fingerprint density at radius 3 is 2.88 bits per heavy atom. The first-order valence-electron chi connectivity index (χ1n) is 7.92. The van der Waals surface area contributed by atoms with Crippen LogP contribution in [0.3, 0.4) is 0 Å². The van der Waals surface area contributed by atoms with Gasteiger partial charge < -0.3 is 15.4 Å². The molecule has 0 aliphatic carbocycles. The van der Waals surface area contributed by atoms with E-state index in [0.717, 1.165) is 25.0 Å². The van der Waals surface area contributed by atoms with Crippen LogP contribution in [-0.4, -0.2) is 35.1 Å². The molecule has 2 heterocycles. The van der Waals surface area contributed by atoms with Gasteiger partial charge in [-0.05, 0) is 36.6 Å². The molecule has 1 aliphatic heterocycles. The number of hydrogen-bond acceptors (Lipinski definition) is 5. The van der Waals surface area contributed by atoms with Crippen molar-refractivity contribution in [2.24, 2.45) is 0 Å². The Morgan fingerprint density at radius 2 is 2.12 bits per heavy atom. The highest BCUT2D eigenvalue weighted by atomic mass is 19.1. The second-order valence-electron chi connectivity index (χ2n) is 5.59. The highest BCUT2D eigenvalue weighted by Gasteiger charge is 2.16. The van der Waals surface area contributed by atoms with Crippen LogP contribution in [0.1, 0.15) is 28.9 Å². The molecule has 2 N–H and O–H groups in total. The largest absolute Gasteiger partial charge is 0.376 e. The quantitative estimate of drug-likeness (QED) is 0.849. The summed E-state index contributed by atoms with van der Waals surface area (Å²) in [7, 11) is 0. The van der Waals surface area contributed by atoms with E-state index in [0.29, 0.717) is 19.0 Å². The van der Waals surface area contributed by atoms with Crippen molar-refractivity contribution in [3.8, 4) is 0 Å². The second-order valence-corrected chi connectivity index (χ2v) is 5.59. The summed E-state index contributed by atoms with van der Waals surface area (Å²) in [6.07, 6.45) is 3.80. The maximum Gasteiger partial charge on any atom is 0.270 e. The third-order valence-corrected chi connectivity index (χ3v) is 3.77. The van der Waals surface area contributed by atoms with E-state index < -0.39 is 0 Å². The van der Waals surface area contributed by atoms with E-state index in [4.69, 9.17) is 4.74 Å². The van der Waals surface area contributed by atoms with Gasteiger partial charge in [0.05, 0.1) is 6.10 Å². The summed E-state index contributed by atoms with van der Waals surface area (Å²) >= 11 is 0.